The monoisotopic (exact) mass is 334 g/mol. The van der Waals surface area contributed by atoms with E-state index in [4.69, 9.17) is 4.74 Å². The summed E-state index contributed by atoms with van der Waals surface area (Å²) in [4.78, 5) is 12.4. The van der Waals surface area contributed by atoms with Crippen LogP contribution in [0.3, 0.4) is 0 Å². The van der Waals surface area contributed by atoms with E-state index in [0.29, 0.717) is 12.5 Å². The van der Waals surface area contributed by atoms with Gasteiger partial charge >= 0.3 is 5.97 Å². The fraction of sp³-hybridized carbons (Fsp3) is 0.955. The molecule has 0 bridgehead atoms. The highest BCUT2D eigenvalue weighted by Gasteiger charge is 2.33. The molecule has 0 unspecified atom stereocenters. The molecule has 24 heavy (non-hydrogen) atoms. The van der Waals surface area contributed by atoms with Crippen molar-refractivity contribution < 1.29 is 9.53 Å². The zero-order valence-electron chi connectivity index (χ0n) is 15.8. The van der Waals surface area contributed by atoms with Gasteiger partial charge in [0.25, 0.3) is 0 Å². The van der Waals surface area contributed by atoms with Gasteiger partial charge in [-0.25, -0.2) is 0 Å². The summed E-state index contributed by atoms with van der Waals surface area (Å²) in [5, 5.41) is 0. The Kier molecular flexibility index (Phi) is 7.04. The van der Waals surface area contributed by atoms with Crippen LogP contribution in [-0.2, 0) is 9.53 Å². The van der Waals surface area contributed by atoms with Gasteiger partial charge in [-0.05, 0) is 75.0 Å². The number of esters is 1. The molecule has 2 heteroatoms. The first-order valence-corrected chi connectivity index (χ1v) is 10.9. The quantitative estimate of drug-likeness (QED) is 0.565. The number of carbonyl (C=O) groups excluding carboxylic acids is 1. The number of ether oxygens (including phenoxy) is 1. The Morgan fingerprint density at radius 2 is 1.33 bits per heavy atom. The van der Waals surface area contributed by atoms with Crippen molar-refractivity contribution in [3.8, 4) is 0 Å². The fourth-order valence-electron chi connectivity index (χ4n) is 5.57. The average molecular weight is 335 g/mol. The lowest BCUT2D eigenvalue weighted by Gasteiger charge is -2.37. The number of rotatable bonds is 5. The minimum absolute atomic E-state index is 0.119. The zero-order chi connectivity index (χ0) is 16.8. The molecule has 2 nitrogen and oxygen atoms in total. The standard InChI is InChI=1S/C22H38O2/c1-2-17-8-10-19(11-9-17)20-12-14-21(15-13-20)22(23)24-16-18-6-4-3-5-7-18/h17-21H,2-16H2,1H3. The van der Waals surface area contributed by atoms with Crippen LogP contribution in [0.25, 0.3) is 0 Å². The number of hydrogen-bond acceptors (Lipinski definition) is 2. The van der Waals surface area contributed by atoms with E-state index in [1.807, 2.05) is 0 Å². The predicted molar refractivity (Wildman–Crippen MR) is 98.7 cm³/mol. The summed E-state index contributed by atoms with van der Waals surface area (Å²) < 4.78 is 5.69. The Morgan fingerprint density at radius 3 is 1.92 bits per heavy atom. The number of hydrogen-bond donors (Lipinski definition) is 0. The highest BCUT2D eigenvalue weighted by atomic mass is 16.5. The van der Waals surface area contributed by atoms with E-state index in [0.717, 1.165) is 30.6 Å². The second-order valence-corrected chi connectivity index (χ2v) is 8.93. The SMILES string of the molecule is CCC1CCC(C2CCC(C(=O)OCC3CCCCC3)CC2)CC1. The van der Waals surface area contributed by atoms with E-state index in [2.05, 4.69) is 6.92 Å². The molecular formula is C22H38O2. The maximum atomic E-state index is 12.4. The molecule has 3 aliphatic rings. The van der Waals surface area contributed by atoms with Crippen molar-refractivity contribution in [1.82, 2.24) is 0 Å². The largest absolute Gasteiger partial charge is 0.465 e. The third-order valence-electron chi connectivity index (χ3n) is 7.43. The molecule has 0 aromatic carbocycles. The molecule has 3 fully saturated rings. The fourth-order valence-corrected chi connectivity index (χ4v) is 5.57. The Balaban J connectivity index is 1.34. The van der Waals surface area contributed by atoms with Crippen LogP contribution < -0.4 is 0 Å². The van der Waals surface area contributed by atoms with Gasteiger partial charge in [-0.2, -0.15) is 0 Å². The van der Waals surface area contributed by atoms with Crippen LogP contribution in [0.15, 0.2) is 0 Å². The summed E-state index contributed by atoms with van der Waals surface area (Å²) in [5.74, 6) is 3.81. The van der Waals surface area contributed by atoms with Gasteiger partial charge in [0.15, 0.2) is 0 Å². The zero-order valence-corrected chi connectivity index (χ0v) is 15.8. The lowest BCUT2D eigenvalue weighted by Crippen LogP contribution is -2.30. The van der Waals surface area contributed by atoms with E-state index in [1.165, 1.54) is 77.0 Å². The van der Waals surface area contributed by atoms with Crippen LogP contribution in [0.1, 0.15) is 96.8 Å². The Labute approximate surface area is 149 Å². The molecule has 3 aliphatic carbocycles. The molecule has 0 heterocycles. The molecule has 0 radical (unpaired) electrons. The average Bonchev–Trinajstić information content (AvgIpc) is 2.67. The van der Waals surface area contributed by atoms with Crippen LogP contribution in [0, 0.1) is 29.6 Å². The summed E-state index contributed by atoms with van der Waals surface area (Å²) in [6.45, 7) is 3.04. The summed E-state index contributed by atoms with van der Waals surface area (Å²) in [6.07, 6.45) is 18.4. The highest BCUT2D eigenvalue weighted by molar-refractivity contribution is 5.72. The van der Waals surface area contributed by atoms with Crippen molar-refractivity contribution in [2.45, 2.75) is 96.8 Å². The van der Waals surface area contributed by atoms with Gasteiger partial charge in [0.05, 0.1) is 12.5 Å². The molecule has 0 aliphatic heterocycles. The first-order valence-electron chi connectivity index (χ1n) is 10.9. The molecule has 0 spiro atoms. The van der Waals surface area contributed by atoms with E-state index in [9.17, 15) is 4.79 Å². The normalized spacial score (nSPS) is 35.5. The van der Waals surface area contributed by atoms with Crippen molar-refractivity contribution in [2.24, 2.45) is 29.6 Å². The molecule has 138 valence electrons. The second-order valence-electron chi connectivity index (χ2n) is 8.93. The minimum atomic E-state index is 0.119. The maximum absolute atomic E-state index is 12.4. The third kappa shape index (κ3) is 4.99. The van der Waals surface area contributed by atoms with Gasteiger partial charge < -0.3 is 4.74 Å². The number of carbonyl (C=O) groups is 1. The van der Waals surface area contributed by atoms with Gasteiger partial charge in [-0.1, -0.05) is 45.4 Å². The Hall–Kier alpha value is -0.530. The van der Waals surface area contributed by atoms with Gasteiger partial charge in [-0.15, -0.1) is 0 Å². The van der Waals surface area contributed by atoms with Crippen LogP contribution in [0.5, 0.6) is 0 Å². The third-order valence-corrected chi connectivity index (χ3v) is 7.43. The smallest absolute Gasteiger partial charge is 0.308 e. The van der Waals surface area contributed by atoms with Gasteiger partial charge in [0.1, 0.15) is 0 Å². The van der Waals surface area contributed by atoms with Crippen molar-refractivity contribution >= 4 is 5.97 Å². The van der Waals surface area contributed by atoms with E-state index in [1.54, 1.807) is 0 Å². The van der Waals surface area contributed by atoms with Crippen LogP contribution in [0.2, 0.25) is 0 Å². The Morgan fingerprint density at radius 1 is 0.750 bits per heavy atom. The molecule has 3 saturated carbocycles. The molecule has 3 rings (SSSR count). The lowest BCUT2D eigenvalue weighted by atomic mass is 9.69. The molecular weight excluding hydrogens is 296 g/mol. The van der Waals surface area contributed by atoms with Gasteiger partial charge in [-0.3, -0.25) is 4.79 Å². The molecule has 0 amide bonds. The van der Waals surface area contributed by atoms with Crippen LogP contribution >= 0.6 is 0 Å². The summed E-state index contributed by atoms with van der Waals surface area (Å²) in [6, 6.07) is 0. The molecule has 0 saturated heterocycles. The summed E-state index contributed by atoms with van der Waals surface area (Å²) in [5.41, 5.74) is 0. The van der Waals surface area contributed by atoms with Crippen molar-refractivity contribution in [2.75, 3.05) is 6.61 Å². The Bertz CT molecular complexity index is 369. The summed E-state index contributed by atoms with van der Waals surface area (Å²) >= 11 is 0. The molecule has 0 atom stereocenters. The molecule has 0 N–H and O–H groups in total. The first kappa shape index (κ1) is 18.3. The van der Waals surface area contributed by atoms with Crippen LogP contribution in [0.4, 0.5) is 0 Å². The second kappa shape index (κ2) is 9.25. The van der Waals surface area contributed by atoms with E-state index < -0.39 is 0 Å². The minimum Gasteiger partial charge on any atom is -0.465 e. The van der Waals surface area contributed by atoms with Gasteiger partial charge in [0.2, 0.25) is 0 Å². The topological polar surface area (TPSA) is 26.3 Å². The van der Waals surface area contributed by atoms with Crippen LogP contribution in [-0.4, -0.2) is 12.6 Å². The highest BCUT2D eigenvalue weighted by Crippen LogP contribution is 2.42. The van der Waals surface area contributed by atoms with Gasteiger partial charge in [0, 0.05) is 0 Å². The van der Waals surface area contributed by atoms with Crippen molar-refractivity contribution in [3.05, 3.63) is 0 Å². The van der Waals surface area contributed by atoms with Crippen molar-refractivity contribution in [1.29, 1.82) is 0 Å². The van der Waals surface area contributed by atoms with E-state index in [-0.39, 0.29) is 11.9 Å². The predicted octanol–water partition coefficient (Wildman–Crippen LogP) is 6.13. The lowest BCUT2D eigenvalue weighted by molar-refractivity contribution is -0.151. The van der Waals surface area contributed by atoms with E-state index >= 15 is 0 Å². The maximum Gasteiger partial charge on any atom is 0.308 e. The van der Waals surface area contributed by atoms with Crippen molar-refractivity contribution in [3.63, 3.8) is 0 Å². The first-order chi connectivity index (χ1) is 11.8. The molecule has 0 aromatic heterocycles. The molecule has 0 aromatic rings. The summed E-state index contributed by atoms with van der Waals surface area (Å²) in [7, 11) is 0.